The molecule has 2 rings (SSSR count). The zero-order chi connectivity index (χ0) is 12.3. The van der Waals surface area contributed by atoms with Gasteiger partial charge in [-0.2, -0.15) is 0 Å². The zero-order valence-electron chi connectivity index (χ0n) is 10.7. The molecule has 0 atom stereocenters. The topological polar surface area (TPSA) is 40.6 Å². The van der Waals surface area contributed by atoms with Gasteiger partial charge >= 0.3 is 0 Å². The Labute approximate surface area is 103 Å². The van der Waals surface area contributed by atoms with Crippen LogP contribution in [0.1, 0.15) is 39.0 Å². The molecule has 0 N–H and O–H groups in total. The molecule has 1 aliphatic heterocycles. The fraction of sp³-hybridized carbons (Fsp3) is 0.846. The van der Waals surface area contributed by atoms with Gasteiger partial charge in [0.2, 0.25) is 11.8 Å². The molecule has 0 spiro atoms. The Morgan fingerprint density at radius 1 is 1.00 bits per heavy atom. The van der Waals surface area contributed by atoms with Crippen molar-refractivity contribution >= 4 is 11.8 Å². The van der Waals surface area contributed by atoms with Gasteiger partial charge in [0.1, 0.15) is 0 Å². The van der Waals surface area contributed by atoms with E-state index >= 15 is 0 Å². The third-order valence-corrected chi connectivity index (χ3v) is 3.94. The molecule has 0 aromatic rings. The third kappa shape index (κ3) is 2.99. The van der Waals surface area contributed by atoms with Gasteiger partial charge < -0.3 is 9.80 Å². The minimum Gasteiger partial charge on any atom is -0.332 e. The van der Waals surface area contributed by atoms with E-state index in [1.54, 1.807) is 9.80 Å². The van der Waals surface area contributed by atoms with Crippen LogP contribution in [-0.4, -0.2) is 47.8 Å². The van der Waals surface area contributed by atoms with Gasteiger partial charge in [-0.3, -0.25) is 9.59 Å². The summed E-state index contributed by atoms with van der Waals surface area (Å²) in [5.74, 6) is 0.841. The number of amides is 2. The van der Waals surface area contributed by atoms with Crippen LogP contribution < -0.4 is 0 Å². The normalized spacial score (nSPS) is 23.4. The van der Waals surface area contributed by atoms with Crippen LogP contribution in [0.2, 0.25) is 0 Å². The molecule has 2 amide bonds. The van der Waals surface area contributed by atoms with Gasteiger partial charge in [-0.25, -0.2) is 0 Å². The predicted octanol–water partition coefficient (Wildman–Crippen LogP) is 1.26. The summed E-state index contributed by atoms with van der Waals surface area (Å²) >= 11 is 0. The molecule has 1 saturated heterocycles. The molecule has 0 unspecified atom stereocenters. The molecule has 0 radical (unpaired) electrons. The van der Waals surface area contributed by atoms with Crippen molar-refractivity contribution in [2.24, 2.45) is 5.92 Å². The maximum Gasteiger partial charge on any atom is 0.242 e. The SMILES string of the molecule is CCN1CC(=O)N(CC2CCCCC2)CC1=O. The lowest BCUT2D eigenvalue weighted by Crippen LogP contribution is -2.54. The molecule has 4 nitrogen and oxygen atoms in total. The first-order chi connectivity index (χ1) is 8.20. The van der Waals surface area contributed by atoms with E-state index in [0.717, 1.165) is 6.54 Å². The second kappa shape index (κ2) is 5.52. The molecule has 4 heteroatoms. The molecule has 0 bridgehead atoms. The maximum absolute atomic E-state index is 11.9. The van der Waals surface area contributed by atoms with Crippen LogP contribution in [0.3, 0.4) is 0 Å². The van der Waals surface area contributed by atoms with Crippen LogP contribution in [0.25, 0.3) is 0 Å². The Balaban J connectivity index is 1.88. The van der Waals surface area contributed by atoms with Crippen LogP contribution in [0.4, 0.5) is 0 Å². The van der Waals surface area contributed by atoms with Crippen molar-refractivity contribution in [2.75, 3.05) is 26.2 Å². The van der Waals surface area contributed by atoms with E-state index in [4.69, 9.17) is 0 Å². The van der Waals surface area contributed by atoms with E-state index < -0.39 is 0 Å². The second-order valence-electron chi connectivity index (χ2n) is 5.19. The first kappa shape index (κ1) is 12.4. The number of hydrogen-bond acceptors (Lipinski definition) is 2. The number of carbonyl (C=O) groups excluding carboxylic acids is 2. The van der Waals surface area contributed by atoms with Crippen molar-refractivity contribution < 1.29 is 9.59 Å². The molecule has 1 aliphatic carbocycles. The van der Waals surface area contributed by atoms with Crippen LogP contribution in [0.15, 0.2) is 0 Å². The molecule has 0 aromatic heterocycles. The smallest absolute Gasteiger partial charge is 0.242 e. The van der Waals surface area contributed by atoms with E-state index in [0.29, 0.717) is 19.0 Å². The summed E-state index contributed by atoms with van der Waals surface area (Å²) in [6.45, 7) is 3.93. The quantitative estimate of drug-likeness (QED) is 0.742. The third-order valence-electron chi connectivity index (χ3n) is 3.94. The number of hydrogen-bond donors (Lipinski definition) is 0. The Bertz CT molecular complexity index is 298. The zero-order valence-corrected chi connectivity index (χ0v) is 10.7. The van der Waals surface area contributed by atoms with Gasteiger partial charge in [-0.15, -0.1) is 0 Å². The summed E-state index contributed by atoms with van der Waals surface area (Å²) in [7, 11) is 0. The Kier molecular flexibility index (Phi) is 4.02. The fourth-order valence-electron chi connectivity index (χ4n) is 2.84. The van der Waals surface area contributed by atoms with E-state index in [-0.39, 0.29) is 18.4 Å². The van der Waals surface area contributed by atoms with Crippen molar-refractivity contribution in [2.45, 2.75) is 39.0 Å². The van der Waals surface area contributed by atoms with Gasteiger partial charge in [-0.1, -0.05) is 19.3 Å². The molecular weight excluding hydrogens is 216 g/mol. The molecule has 17 heavy (non-hydrogen) atoms. The lowest BCUT2D eigenvalue weighted by atomic mass is 9.89. The molecule has 96 valence electrons. The fourth-order valence-corrected chi connectivity index (χ4v) is 2.84. The molecule has 2 fully saturated rings. The molecular formula is C13H22N2O2. The van der Waals surface area contributed by atoms with Gasteiger partial charge in [0.25, 0.3) is 0 Å². The largest absolute Gasteiger partial charge is 0.332 e. The van der Waals surface area contributed by atoms with Crippen molar-refractivity contribution in [1.82, 2.24) is 9.80 Å². The van der Waals surface area contributed by atoms with E-state index in [1.165, 1.54) is 32.1 Å². The van der Waals surface area contributed by atoms with Gasteiger partial charge in [0.05, 0.1) is 13.1 Å². The van der Waals surface area contributed by atoms with Gasteiger partial charge in [-0.05, 0) is 25.7 Å². The number of likely N-dealkylation sites (N-methyl/N-ethyl adjacent to an activating group) is 1. The highest BCUT2D eigenvalue weighted by Crippen LogP contribution is 2.24. The predicted molar refractivity (Wildman–Crippen MR) is 65.4 cm³/mol. The average molecular weight is 238 g/mol. The Morgan fingerprint density at radius 2 is 1.59 bits per heavy atom. The number of carbonyl (C=O) groups is 2. The van der Waals surface area contributed by atoms with Gasteiger partial charge in [0.15, 0.2) is 0 Å². The summed E-state index contributed by atoms with van der Waals surface area (Å²) in [6.07, 6.45) is 6.32. The van der Waals surface area contributed by atoms with E-state index in [1.807, 2.05) is 6.92 Å². The highest BCUT2D eigenvalue weighted by Gasteiger charge is 2.30. The first-order valence-electron chi connectivity index (χ1n) is 6.76. The molecule has 0 aromatic carbocycles. The standard InChI is InChI=1S/C13H22N2O2/c1-2-14-9-13(17)15(10-12(14)16)8-11-6-4-3-5-7-11/h11H,2-10H2,1H3. The average Bonchev–Trinajstić information content (AvgIpc) is 2.34. The molecule has 2 aliphatic rings. The summed E-state index contributed by atoms with van der Waals surface area (Å²) in [5, 5.41) is 0. The van der Waals surface area contributed by atoms with Crippen LogP contribution in [0, 0.1) is 5.92 Å². The van der Waals surface area contributed by atoms with Crippen molar-refractivity contribution in [1.29, 1.82) is 0 Å². The highest BCUT2D eigenvalue weighted by atomic mass is 16.2. The second-order valence-corrected chi connectivity index (χ2v) is 5.19. The molecule has 1 heterocycles. The van der Waals surface area contributed by atoms with Crippen molar-refractivity contribution in [3.05, 3.63) is 0 Å². The Hall–Kier alpha value is -1.06. The monoisotopic (exact) mass is 238 g/mol. The van der Waals surface area contributed by atoms with Crippen LogP contribution in [0.5, 0.6) is 0 Å². The summed E-state index contributed by atoms with van der Waals surface area (Å²) in [5.41, 5.74) is 0. The van der Waals surface area contributed by atoms with E-state index in [9.17, 15) is 9.59 Å². The maximum atomic E-state index is 11.9. The van der Waals surface area contributed by atoms with Crippen LogP contribution in [-0.2, 0) is 9.59 Å². The summed E-state index contributed by atoms with van der Waals surface area (Å²) < 4.78 is 0. The summed E-state index contributed by atoms with van der Waals surface area (Å²) in [4.78, 5) is 27.1. The molecule has 1 saturated carbocycles. The van der Waals surface area contributed by atoms with Crippen molar-refractivity contribution in [3.63, 3.8) is 0 Å². The first-order valence-corrected chi connectivity index (χ1v) is 6.76. The lowest BCUT2D eigenvalue weighted by Gasteiger charge is -2.36. The number of rotatable bonds is 3. The minimum atomic E-state index is 0.0999. The number of piperazine rings is 1. The number of nitrogens with zero attached hydrogens (tertiary/aromatic N) is 2. The van der Waals surface area contributed by atoms with Crippen molar-refractivity contribution in [3.8, 4) is 0 Å². The van der Waals surface area contributed by atoms with E-state index in [2.05, 4.69) is 0 Å². The lowest BCUT2D eigenvalue weighted by molar-refractivity contribution is -0.150. The van der Waals surface area contributed by atoms with Gasteiger partial charge in [0, 0.05) is 13.1 Å². The Morgan fingerprint density at radius 3 is 2.24 bits per heavy atom. The minimum absolute atomic E-state index is 0.0999. The summed E-state index contributed by atoms with van der Waals surface area (Å²) in [6, 6.07) is 0. The highest BCUT2D eigenvalue weighted by molar-refractivity contribution is 5.92. The van der Waals surface area contributed by atoms with Crippen LogP contribution >= 0.6 is 0 Å².